The molecule has 3 rings (SSSR count). The van der Waals surface area contributed by atoms with Crippen LogP contribution in [-0.4, -0.2) is 46.8 Å². The van der Waals surface area contributed by atoms with Gasteiger partial charge in [0.2, 0.25) is 5.91 Å². The molecule has 126 valence electrons. The van der Waals surface area contributed by atoms with E-state index >= 15 is 0 Å². The maximum Gasteiger partial charge on any atom is 0.433 e. The fraction of sp³-hybridized carbons (Fsp3) is 0.312. The number of nitro groups is 1. The molecule has 0 unspecified atom stereocenters. The minimum atomic E-state index is -0.605. The van der Waals surface area contributed by atoms with Gasteiger partial charge in [0.05, 0.1) is 6.07 Å². The summed E-state index contributed by atoms with van der Waals surface area (Å²) in [5, 5.41) is 14.8. The molecular weight excluding hydrogens is 330 g/mol. The molecule has 0 N–H and O–H groups in total. The van der Waals surface area contributed by atoms with Crippen LogP contribution >= 0.6 is 11.3 Å². The number of furan rings is 1. The van der Waals surface area contributed by atoms with Gasteiger partial charge in [0.25, 0.3) is 0 Å². The normalized spacial score (nSPS) is 15.9. The summed E-state index contributed by atoms with van der Waals surface area (Å²) in [6.07, 6.45) is 2.87. The number of piperazine rings is 1. The van der Waals surface area contributed by atoms with Crippen molar-refractivity contribution < 1.29 is 14.1 Å². The molecule has 8 heteroatoms. The van der Waals surface area contributed by atoms with E-state index in [-0.39, 0.29) is 11.8 Å². The lowest BCUT2D eigenvalue weighted by Crippen LogP contribution is -2.47. The van der Waals surface area contributed by atoms with E-state index in [0.717, 1.165) is 19.6 Å². The highest BCUT2D eigenvalue weighted by molar-refractivity contribution is 7.07. The fourth-order valence-electron chi connectivity index (χ4n) is 2.56. The van der Waals surface area contributed by atoms with Gasteiger partial charge in [-0.15, -0.1) is 0 Å². The van der Waals surface area contributed by atoms with E-state index < -0.39 is 4.92 Å². The van der Waals surface area contributed by atoms with Crippen molar-refractivity contribution in [1.82, 2.24) is 9.80 Å². The molecule has 1 amide bonds. The van der Waals surface area contributed by atoms with Crippen LogP contribution in [0.5, 0.6) is 0 Å². The molecule has 2 aromatic heterocycles. The monoisotopic (exact) mass is 347 g/mol. The Bertz CT molecular complexity index is 730. The van der Waals surface area contributed by atoms with Crippen LogP contribution in [0.2, 0.25) is 0 Å². The first kappa shape index (κ1) is 16.4. The average molecular weight is 347 g/mol. The van der Waals surface area contributed by atoms with Crippen molar-refractivity contribution >= 4 is 29.2 Å². The Morgan fingerprint density at radius 3 is 2.71 bits per heavy atom. The molecule has 0 radical (unpaired) electrons. The van der Waals surface area contributed by atoms with Crippen molar-refractivity contribution in [3.63, 3.8) is 0 Å². The zero-order chi connectivity index (χ0) is 16.9. The molecule has 0 atom stereocenters. The molecule has 0 spiro atoms. The van der Waals surface area contributed by atoms with Crippen LogP contribution in [0, 0.1) is 10.1 Å². The molecule has 0 saturated carbocycles. The Balaban J connectivity index is 1.49. The third-order valence-electron chi connectivity index (χ3n) is 3.85. The van der Waals surface area contributed by atoms with E-state index in [1.54, 1.807) is 16.2 Å². The third-order valence-corrected chi connectivity index (χ3v) is 4.59. The quantitative estimate of drug-likeness (QED) is 0.472. The van der Waals surface area contributed by atoms with Crippen LogP contribution in [0.4, 0.5) is 5.88 Å². The topological polar surface area (TPSA) is 79.8 Å². The van der Waals surface area contributed by atoms with Crippen LogP contribution in [0.15, 0.2) is 39.5 Å². The highest BCUT2D eigenvalue weighted by atomic mass is 32.1. The van der Waals surface area contributed by atoms with E-state index in [1.807, 2.05) is 0 Å². The van der Waals surface area contributed by atoms with Gasteiger partial charge >= 0.3 is 5.88 Å². The van der Waals surface area contributed by atoms with E-state index in [1.165, 1.54) is 29.8 Å². The maximum absolute atomic E-state index is 12.2. The molecule has 0 aromatic carbocycles. The van der Waals surface area contributed by atoms with Crippen molar-refractivity contribution in [2.45, 2.75) is 6.54 Å². The van der Waals surface area contributed by atoms with Gasteiger partial charge in [-0.2, -0.15) is 11.3 Å². The number of amides is 1. The van der Waals surface area contributed by atoms with Crippen molar-refractivity contribution in [3.05, 3.63) is 56.5 Å². The lowest BCUT2D eigenvalue weighted by Gasteiger charge is -2.34. The van der Waals surface area contributed by atoms with Gasteiger partial charge < -0.3 is 9.32 Å². The summed E-state index contributed by atoms with van der Waals surface area (Å²) in [5.41, 5.74) is 1.30. The SMILES string of the molecule is O=C(/C=C/c1ccc([N+](=O)[O-])o1)N1CCN(Cc2ccsc2)CC1. The van der Waals surface area contributed by atoms with E-state index in [4.69, 9.17) is 4.42 Å². The molecule has 24 heavy (non-hydrogen) atoms. The molecule has 3 heterocycles. The van der Waals surface area contributed by atoms with Crippen LogP contribution in [0.1, 0.15) is 11.3 Å². The minimum Gasteiger partial charge on any atom is -0.401 e. The first-order valence-electron chi connectivity index (χ1n) is 7.56. The van der Waals surface area contributed by atoms with Gasteiger partial charge in [-0.3, -0.25) is 19.8 Å². The van der Waals surface area contributed by atoms with Crippen molar-refractivity contribution in [2.75, 3.05) is 26.2 Å². The minimum absolute atomic E-state index is 0.107. The number of carbonyl (C=O) groups excluding carboxylic acids is 1. The van der Waals surface area contributed by atoms with Gasteiger partial charge in [0, 0.05) is 38.8 Å². The summed E-state index contributed by atoms with van der Waals surface area (Å²) in [6.45, 7) is 3.93. The highest BCUT2D eigenvalue weighted by Crippen LogP contribution is 2.17. The Morgan fingerprint density at radius 1 is 1.29 bits per heavy atom. The predicted octanol–water partition coefficient (Wildman–Crippen LogP) is 2.61. The second-order valence-electron chi connectivity index (χ2n) is 5.50. The first-order valence-corrected chi connectivity index (χ1v) is 8.51. The van der Waals surface area contributed by atoms with Gasteiger partial charge in [-0.1, -0.05) is 0 Å². The Kier molecular flexibility index (Phi) is 5.07. The summed E-state index contributed by atoms with van der Waals surface area (Å²) >= 11 is 1.69. The zero-order valence-electron chi connectivity index (χ0n) is 13.0. The number of hydrogen-bond acceptors (Lipinski definition) is 6. The van der Waals surface area contributed by atoms with Gasteiger partial charge in [-0.05, 0) is 34.5 Å². The van der Waals surface area contributed by atoms with E-state index in [9.17, 15) is 14.9 Å². The molecular formula is C16H17N3O4S. The van der Waals surface area contributed by atoms with Gasteiger partial charge in [0.15, 0.2) is 0 Å². The lowest BCUT2D eigenvalue weighted by molar-refractivity contribution is -0.402. The molecule has 0 aliphatic carbocycles. The Morgan fingerprint density at radius 2 is 2.08 bits per heavy atom. The second kappa shape index (κ2) is 7.41. The number of hydrogen-bond donors (Lipinski definition) is 0. The second-order valence-corrected chi connectivity index (χ2v) is 6.28. The average Bonchev–Trinajstić information content (AvgIpc) is 3.25. The molecule has 7 nitrogen and oxygen atoms in total. The summed E-state index contributed by atoms with van der Waals surface area (Å²) in [5.74, 6) is -0.139. The standard InChI is InChI=1S/C16H17N3O4S/c20-15(3-1-14-2-4-16(23-14)19(21)22)18-8-6-17(7-9-18)11-13-5-10-24-12-13/h1-5,10,12H,6-9,11H2/b3-1+. The molecule has 2 aromatic rings. The smallest absolute Gasteiger partial charge is 0.401 e. The molecule has 1 saturated heterocycles. The van der Waals surface area contributed by atoms with Crippen LogP contribution in [0.3, 0.4) is 0 Å². The lowest BCUT2D eigenvalue weighted by atomic mass is 10.2. The summed E-state index contributed by atoms with van der Waals surface area (Å²) in [6, 6.07) is 4.86. The Hall–Kier alpha value is -2.45. The zero-order valence-corrected chi connectivity index (χ0v) is 13.8. The molecule has 1 aliphatic heterocycles. The van der Waals surface area contributed by atoms with E-state index in [2.05, 4.69) is 21.7 Å². The largest absolute Gasteiger partial charge is 0.433 e. The maximum atomic E-state index is 12.2. The summed E-state index contributed by atoms with van der Waals surface area (Å²) < 4.78 is 4.99. The fourth-order valence-corrected chi connectivity index (χ4v) is 3.22. The van der Waals surface area contributed by atoms with Crippen LogP contribution < -0.4 is 0 Å². The van der Waals surface area contributed by atoms with Crippen molar-refractivity contribution in [2.24, 2.45) is 0 Å². The highest BCUT2D eigenvalue weighted by Gasteiger charge is 2.20. The van der Waals surface area contributed by atoms with E-state index in [0.29, 0.717) is 18.8 Å². The van der Waals surface area contributed by atoms with Crippen molar-refractivity contribution in [1.29, 1.82) is 0 Å². The number of carbonyl (C=O) groups is 1. The third kappa shape index (κ3) is 4.09. The number of thiophene rings is 1. The molecule has 1 aliphatic rings. The summed E-state index contributed by atoms with van der Waals surface area (Å²) in [7, 11) is 0. The van der Waals surface area contributed by atoms with Crippen LogP contribution in [-0.2, 0) is 11.3 Å². The molecule has 0 bridgehead atoms. The molecule has 1 fully saturated rings. The summed E-state index contributed by atoms with van der Waals surface area (Å²) in [4.78, 5) is 26.2. The number of nitrogens with zero attached hydrogens (tertiary/aromatic N) is 3. The van der Waals surface area contributed by atoms with Crippen molar-refractivity contribution in [3.8, 4) is 0 Å². The number of rotatable bonds is 5. The van der Waals surface area contributed by atoms with Gasteiger partial charge in [-0.25, -0.2) is 0 Å². The van der Waals surface area contributed by atoms with Gasteiger partial charge in [0.1, 0.15) is 10.7 Å². The predicted molar refractivity (Wildman–Crippen MR) is 90.6 cm³/mol. The Labute approximate surface area is 142 Å². The van der Waals surface area contributed by atoms with Crippen LogP contribution in [0.25, 0.3) is 6.08 Å². The first-order chi connectivity index (χ1) is 11.6.